The number of hydrogen-bond acceptors (Lipinski definition) is 2. The van der Waals surface area contributed by atoms with Gasteiger partial charge in [-0.1, -0.05) is 25.5 Å². The van der Waals surface area contributed by atoms with Crippen molar-refractivity contribution in [1.82, 2.24) is 5.32 Å². The predicted octanol–water partition coefficient (Wildman–Crippen LogP) is 3.71. The highest BCUT2D eigenvalue weighted by atomic mass is 32.2. The first-order valence-corrected chi connectivity index (χ1v) is 7.94. The second kappa shape index (κ2) is 7.39. The van der Waals surface area contributed by atoms with Crippen LogP contribution in [0.2, 0.25) is 0 Å². The van der Waals surface area contributed by atoms with E-state index in [1.807, 2.05) is 11.8 Å². The molecule has 0 heterocycles. The van der Waals surface area contributed by atoms with E-state index in [2.05, 4.69) is 38.4 Å². The van der Waals surface area contributed by atoms with Crippen molar-refractivity contribution in [1.29, 1.82) is 0 Å². The van der Waals surface area contributed by atoms with Crippen molar-refractivity contribution in [3.63, 3.8) is 0 Å². The van der Waals surface area contributed by atoms with Crippen LogP contribution in [-0.2, 0) is 0 Å². The average Bonchev–Trinajstić information content (AvgIpc) is 2.23. The first-order valence-electron chi connectivity index (χ1n) is 6.55. The summed E-state index contributed by atoms with van der Waals surface area (Å²) in [4.78, 5) is 0. The van der Waals surface area contributed by atoms with Crippen LogP contribution in [0.4, 0.5) is 0 Å². The molecule has 3 unspecified atom stereocenters. The van der Waals surface area contributed by atoms with E-state index in [1.54, 1.807) is 5.57 Å². The van der Waals surface area contributed by atoms with Crippen LogP contribution in [0.15, 0.2) is 11.6 Å². The lowest BCUT2D eigenvalue weighted by atomic mass is 9.83. The minimum absolute atomic E-state index is 0.705. The molecule has 1 N–H and O–H groups in total. The maximum Gasteiger partial charge on any atom is 0.0155 e. The van der Waals surface area contributed by atoms with Gasteiger partial charge in [0.05, 0.1) is 0 Å². The van der Waals surface area contributed by atoms with Crippen LogP contribution in [-0.4, -0.2) is 24.6 Å². The predicted molar refractivity (Wildman–Crippen MR) is 76.1 cm³/mol. The number of rotatable bonds is 6. The van der Waals surface area contributed by atoms with Crippen molar-refractivity contribution in [2.24, 2.45) is 11.8 Å². The van der Waals surface area contributed by atoms with Gasteiger partial charge in [0, 0.05) is 11.8 Å². The Kier molecular flexibility index (Phi) is 6.52. The van der Waals surface area contributed by atoms with Gasteiger partial charge in [0.15, 0.2) is 0 Å². The molecule has 0 aromatic heterocycles. The zero-order valence-corrected chi connectivity index (χ0v) is 12.1. The van der Waals surface area contributed by atoms with Gasteiger partial charge in [-0.3, -0.25) is 0 Å². The summed E-state index contributed by atoms with van der Waals surface area (Å²) >= 11 is 1.95. The molecule has 2 heteroatoms. The summed E-state index contributed by atoms with van der Waals surface area (Å²) in [5.74, 6) is 2.88. The van der Waals surface area contributed by atoms with Crippen molar-refractivity contribution >= 4 is 11.8 Å². The van der Waals surface area contributed by atoms with E-state index in [4.69, 9.17) is 0 Å². The Morgan fingerprint density at radius 2 is 2.31 bits per heavy atom. The molecule has 1 aliphatic carbocycles. The molecule has 1 nitrogen and oxygen atoms in total. The van der Waals surface area contributed by atoms with E-state index in [1.165, 1.54) is 31.6 Å². The summed E-state index contributed by atoms with van der Waals surface area (Å²) in [6.45, 7) is 8.10. The fourth-order valence-electron chi connectivity index (χ4n) is 2.70. The summed E-state index contributed by atoms with van der Waals surface area (Å²) in [5, 5.41) is 3.73. The Hall–Kier alpha value is 0.0500. The molecule has 94 valence electrons. The maximum absolute atomic E-state index is 3.73. The fraction of sp³-hybridized carbons (Fsp3) is 0.857. The molecule has 0 spiro atoms. The van der Waals surface area contributed by atoms with E-state index in [-0.39, 0.29) is 0 Å². The third kappa shape index (κ3) is 4.92. The van der Waals surface area contributed by atoms with Gasteiger partial charge in [-0.05, 0) is 50.8 Å². The standard InChI is InChI=1S/C14H27NS/c1-5-14(10-16-4)15-9-13-7-11(2)6-12(3)8-13/h6,11,13-15H,5,7-10H2,1-4H3. The Balaban J connectivity index is 2.29. The summed E-state index contributed by atoms with van der Waals surface area (Å²) < 4.78 is 0. The quantitative estimate of drug-likeness (QED) is 0.712. The Labute approximate surface area is 105 Å². The smallest absolute Gasteiger partial charge is 0.0155 e. The van der Waals surface area contributed by atoms with Crippen LogP contribution in [0.25, 0.3) is 0 Å². The van der Waals surface area contributed by atoms with Gasteiger partial charge in [0.1, 0.15) is 0 Å². The summed E-state index contributed by atoms with van der Waals surface area (Å²) in [6.07, 6.45) is 8.54. The van der Waals surface area contributed by atoms with E-state index in [9.17, 15) is 0 Å². The molecule has 0 saturated heterocycles. The fourth-order valence-corrected chi connectivity index (χ4v) is 3.45. The summed E-state index contributed by atoms with van der Waals surface area (Å²) in [7, 11) is 0. The molecule has 0 aliphatic heterocycles. The minimum Gasteiger partial charge on any atom is -0.313 e. The van der Waals surface area contributed by atoms with Gasteiger partial charge in [0.2, 0.25) is 0 Å². The molecule has 1 aliphatic rings. The highest BCUT2D eigenvalue weighted by Gasteiger charge is 2.18. The van der Waals surface area contributed by atoms with E-state index in [0.29, 0.717) is 6.04 Å². The van der Waals surface area contributed by atoms with Crippen molar-refractivity contribution in [2.45, 2.75) is 46.1 Å². The van der Waals surface area contributed by atoms with Gasteiger partial charge in [-0.15, -0.1) is 0 Å². The molecule has 0 radical (unpaired) electrons. The largest absolute Gasteiger partial charge is 0.313 e. The molecule has 1 rings (SSSR count). The first kappa shape index (κ1) is 14.1. The molecule has 16 heavy (non-hydrogen) atoms. The second-order valence-corrected chi connectivity index (χ2v) is 6.18. The number of thioether (sulfide) groups is 1. The summed E-state index contributed by atoms with van der Waals surface area (Å²) in [6, 6.07) is 0.705. The maximum atomic E-state index is 3.73. The molecule has 0 fully saturated rings. The molecule has 0 aromatic carbocycles. The molecule has 0 saturated carbocycles. The number of allylic oxidation sites excluding steroid dienone is 2. The lowest BCUT2D eigenvalue weighted by Crippen LogP contribution is -2.35. The minimum atomic E-state index is 0.705. The van der Waals surface area contributed by atoms with Crippen molar-refractivity contribution in [2.75, 3.05) is 18.6 Å². The van der Waals surface area contributed by atoms with Gasteiger partial charge in [-0.2, -0.15) is 11.8 Å². The third-order valence-corrected chi connectivity index (χ3v) is 4.18. The van der Waals surface area contributed by atoms with Gasteiger partial charge < -0.3 is 5.32 Å². The SMILES string of the molecule is CCC(CSC)NCC1CC(C)=CC(C)C1. The van der Waals surface area contributed by atoms with Gasteiger partial charge in [0.25, 0.3) is 0 Å². The third-order valence-electron chi connectivity index (χ3n) is 3.44. The lowest BCUT2D eigenvalue weighted by molar-refractivity contribution is 0.364. The Morgan fingerprint density at radius 3 is 2.88 bits per heavy atom. The molecule has 0 bridgehead atoms. The molecule has 0 aromatic rings. The van der Waals surface area contributed by atoms with Crippen LogP contribution in [0.3, 0.4) is 0 Å². The summed E-state index contributed by atoms with van der Waals surface area (Å²) in [5.41, 5.74) is 1.59. The average molecular weight is 241 g/mol. The van der Waals surface area contributed by atoms with Crippen LogP contribution < -0.4 is 5.32 Å². The highest BCUT2D eigenvalue weighted by Crippen LogP contribution is 2.27. The highest BCUT2D eigenvalue weighted by molar-refractivity contribution is 7.98. The van der Waals surface area contributed by atoms with Crippen LogP contribution in [0, 0.1) is 11.8 Å². The Bertz CT molecular complexity index is 225. The van der Waals surface area contributed by atoms with Crippen LogP contribution in [0.5, 0.6) is 0 Å². The lowest BCUT2D eigenvalue weighted by Gasteiger charge is -2.27. The topological polar surface area (TPSA) is 12.0 Å². The number of nitrogens with one attached hydrogen (secondary N) is 1. The molecular formula is C14H27NS. The van der Waals surface area contributed by atoms with Crippen LogP contribution >= 0.6 is 11.8 Å². The molecule has 0 amide bonds. The van der Waals surface area contributed by atoms with E-state index >= 15 is 0 Å². The zero-order chi connectivity index (χ0) is 12.0. The van der Waals surface area contributed by atoms with Crippen molar-refractivity contribution < 1.29 is 0 Å². The zero-order valence-electron chi connectivity index (χ0n) is 11.3. The number of hydrogen-bond donors (Lipinski definition) is 1. The van der Waals surface area contributed by atoms with Crippen molar-refractivity contribution in [3.05, 3.63) is 11.6 Å². The van der Waals surface area contributed by atoms with E-state index < -0.39 is 0 Å². The van der Waals surface area contributed by atoms with Crippen molar-refractivity contribution in [3.8, 4) is 0 Å². The van der Waals surface area contributed by atoms with Crippen LogP contribution in [0.1, 0.15) is 40.0 Å². The Morgan fingerprint density at radius 1 is 1.56 bits per heavy atom. The molecular weight excluding hydrogens is 214 g/mol. The first-order chi connectivity index (χ1) is 7.65. The van der Waals surface area contributed by atoms with Gasteiger partial charge >= 0.3 is 0 Å². The van der Waals surface area contributed by atoms with E-state index in [0.717, 1.165) is 11.8 Å². The van der Waals surface area contributed by atoms with Gasteiger partial charge in [-0.25, -0.2) is 0 Å². The normalized spacial score (nSPS) is 27.6. The second-order valence-electron chi connectivity index (χ2n) is 5.26. The molecule has 3 atom stereocenters. The monoisotopic (exact) mass is 241 g/mol.